The van der Waals surface area contributed by atoms with E-state index in [-0.39, 0.29) is 17.9 Å². The van der Waals surface area contributed by atoms with Gasteiger partial charge in [-0.05, 0) is 43.7 Å². The summed E-state index contributed by atoms with van der Waals surface area (Å²) in [6, 6.07) is 16.9. The number of nitrogens with one attached hydrogen (secondary N) is 1. The third-order valence-corrected chi connectivity index (χ3v) is 5.21. The number of hydrogen-bond donors (Lipinski definition) is 1. The second kappa shape index (κ2) is 8.32. The largest absolute Gasteiger partial charge is 0.350 e. The average molecular weight is 423 g/mol. The molecule has 2 aromatic carbocycles. The molecule has 4 rings (SSSR count). The van der Waals surface area contributed by atoms with Crippen molar-refractivity contribution >= 4 is 29.2 Å². The number of hydrogen-bond acceptors (Lipinski definition) is 3. The number of aromatic nitrogens is 2. The molecule has 2 amide bonds. The van der Waals surface area contributed by atoms with Crippen LogP contribution in [0.25, 0.3) is 11.3 Å². The Bertz CT molecular complexity index is 1090. The maximum absolute atomic E-state index is 12.7. The van der Waals surface area contributed by atoms with E-state index in [0.29, 0.717) is 30.1 Å². The number of nitrogens with zero attached hydrogens (tertiary/aromatic N) is 3. The normalized spacial score (nSPS) is 13.5. The van der Waals surface area contributed by atoms with Gasteiger partial charge in [-0.1, -0.05) is 35.9 Å². The van der Waals surface area contributed by atoms with Crippen LogP contribution in [0.4, 0.5) is 5.82 Å². The molecule has 0 radical (unpaired) electrons. The molecule has 1 aliphatic heterocycles. The van der Waals surface area contributed by atoms with Gasteiger partial charge in [0.25, 0.3) is 5.91 Å². The first-order valence-electron chi connectivity index (χ1n) is 9.94. The van der Waals surface area contributed by atoms with Crippen LogP contribution in [0.2, 0.25) is 5.02 Å². The minimum absolute atomic E-state index is 0.0571. The number of carbonyl (C=O) groups excluding carboxylic acids is 2. The SMILES string of the molecule is CC(C)NC(=O)c1ccc(CN2C(=O)CCn3nc(-c4cccc(Cl)c4)cc32)cc1. The predicted octanol–water partition coefficient (Wildman–Crippen LogP) is 4.28. The lowest BCUT2D eigenvalue weighted by molar-refractivity contribution is -0.119. The minimum Gasteiger partial charge on any atom is -0.350 e. The van der Waals surface area contributed by atoms with E-state index in [4.69, 9.17) is 11.6 Å². The quantitative estimate of drug-likeness (QED) is 0.667. The van der Waals surface area contributed by atoms with Crippen molar-refractivity contribution in [1.82, 2.24) is 15.1 Å². The summed E-state index contributed by atoms with van der Waals surface area (Å²) in [5.41, 5.74) is 3.25. The summed E-state index contributed by atoms with van der Waals surface area (Å²) in [5, 5.41) is 8.19. The van der Waals surface area contributed by atoms with Gasteiger partial charge in [0.2, 0.25) is 5.91 Å². The molecule has 0 saturated carbocycles. The topological polar surface area (TPSA) is 67.2 Å². The maximum Gasteiger partial charge on any atom is 0.251 e. The molecule has 154 valence electrons. The van der Waals surface area contributed by atoms with Crippen molar-refractivity contribution in [3.05, 3.63) is 70.7 Å². The fourth-order valence-corrected chi connectivity index (χ4v) is 3.69. The first-order valence-corrected chi connectivity index (χ1v) is 10.3. The molecule has 1 aliphatic rings. The molecular weight excluding hydrogens is 400 g/mol. The van der Waals surface area contributed by atoms with Gasteiger partial charge in [0, 0.05) is 34.7 Å². The van der Waals surface area contributed by atoms with Crippen LogP contribution in [-0.4, -0.2) is 27.6 Å². The van der Waals surface area contributed by atoms with Crippen LogP contribution < -0.4 is 10.2 Å². The summed E-state index contributed by atoms with van der Waals surface area (Å²) in [5.74, 6) is 0.722. The van der Waals surface area contributed by atoms with Gasteiger partial charge in [0.1, 0.15) is 5.82 Å². The van der Waals surface area contributed by atoms with E-state index in [1.165, 1.54) is 0 Å². The van der Waals surface area contributed by atoms with E-state index < -0.39 is 0 Å². The van der Waals surface area contributed by atoms with Crippen LogP contribution in [0, 0.1) is 0 Å². The number of anilines is 1. The zero-order valence-corrected chi connectivity index (χ0v) is 17.7. The van der Waals surface area contributed by atoms with Gasteiger partial charge in [-0.3, -0.25) is 14.5 Å². The summed E-state index contributed by atoms with van der Waals surface area (Å²) in [4.78, 5) is 26.5. The van der Waals surface area contributed by atoms with E-state index in [9.17, 15) is 9.59 Å². The Morgan fingerprint density at radius 3 is 2.63 bits per heavy atom. The van der Waals surface area contributed by atoms with E-state index in [0.717, 1.165) is 22.6 Å². The molecular formula is C23H23ClN4O2. The van der Waals surface area contributed by atoms with Gasteiger partial charge in [-0.25, -0.2) is 4.68 Å². The number of aryl methyl sites for hydroxylation is 1. The van der Waals surface area contributed by atoms with E-state index in [2.05, 4.69) is 10.4 Å². The van der Waals surface area contributed by atoms with Crippen LogP contribution in [0.15, 0.2) is 54.6 Å². The summed E-state index contributed by atoms with van der Waals surface area (Å²) in [6.07, 6.45) is 0.401. The molecule has 0 unspecified atom stereocenters. The summed E-state index contributed by atoms with van der Waals surface area (Å²) in [7, 11) is 0. The lowest BCUT2D eigenvalue weighted by Crippen LogP contribution is -2.37. The Balaban J connectivity index is 1.57. The smallest absolute Gasteiger partial charge is 0.251 e. The van der Waals surface area contributed by atoms with Crippen LogP contribution >= 0.6 is 11.6 Å². The number of fused-ring (bicyclic) bond motifs is 1. The number of benzene rings is 2. The zero-order valence-electron chi connectivity index (χ0n) is 16.9. The highest BCUT2D eigenvalue weighted by Gasteiger charge is 2.26. The molecule has 3 aromatic rings. The first kappa shape index (κ1) is 20.2. The van der Waals surface area contributed by atoms with Crippen molar-refractivity contribution in [2.24, 2.45) is 0 Å². The second-order valence-corrected chi connectivity index (χ2v) is 8.11. The molecule has 7 heteroatoms. The van der Waals surface area contributed by atoms with Crippen molar-refractivity contribution < 1.29 is 9.59 Å². The highest BCUT2D eigenvalue weighted by molar-refractivity contribution is 6.30. The Kier molecular flexibility index (Phi) is 5.59. The fourth-order valence-electron chi connectivity index (χ4n) is 3.50. The second-order valence-electron chi connectivity index (χ2n) is 7.68. The highest BCUT2D eigenvalue weighted by atomic mass is 35.5. The third-order valence-electron chi connectivity index (χ3n) is 4.97. The van der Waals surface area contributed by atoms with Gasteiger partial charge >= 0.3 is 0 Å². The monoisotopic (exact) mass is 422 g/mol. The van der Waals surface area contributed by atoms with Crippen LogP contribution in [0.5, 0.6) is 0 Å². The summed E-state index contributed by atoms with van der Waals surface area (Å²) < 4.78 is 1.86. The molecule has 0 spiro atoms. The summed E-state index contributed by atoms with van der Waals surface area (Å²) >= 11 is 6.12. The molecule has 6 nitrogen and oxygen atoms in total. The molecule has 0 atom stereocenters. The van der Waals surface area contributed by atoms with Crippen LogP contribution in [0.3, 0.4) is 0 Å². The molecule has 2 heterocycles. The molecule has 0 fully saturated rings. The van der Waals surface area contributed by atoms with Gasteiger partial charge in [0.15, 0.2) is 0 Å². The Morgan fingerprint density at radius 2 is 1.93 bits per heavy atom. The Morgan fingerprint density at radius 1 is 1.17 bits per heavy atom. The standard InChI is InChI=1S/C23H23ClN4O2/c1-15(2)25-23(30)17-8-6-16(7-9-17)14-27-21-13-20(18-4-3-5-19(24)12-18)26-28(21)11-10-22(27)29/h3-9,12-13,15H,10-11,14H2,1-2H3,(H,25,30). The predicted molar refractivity (Wildman–Crippen MR) is 118 cm³/mol. The number of amides is 2. The number of halogens is 1. The molecule has 1 aromatic heterocycles. The van der Waals surface area contributed by atoms with Crippen molar-refractivity contribution in [2.75, 3.05) is 4.90 Å². The van der Waals surface area contributed by atoms with Crippen molar-refractivity contribution in [1.29, 1.82) is 0 Å². The fraction of sp³-hybridized carbons (Fsp3) is 0.261. The Labute approximate surface area is 180 Å². The average Bonchev–Trinajstić information content (AvgIpc) is 3.15. The zero-order chi connectivity index (χ0) is 21.3. The van der Waals surface area contributed by atoms with Crippen molar-refractivity contribution in [3.63, 3.8) is 0 Å². The lowest BCUT2D eigenvalue weighted by Gasteiger charge is -2.27. The van der Waals surface area contributed by atoms with E-state index in [1.54, 1.807) is 17.0 Å². The molecule has 0 aliphatic carbocycles. The van der Waals surface area contributed by atoms with E-state index in [1.807, 2.05) is 61.0 Å². The van der Waals surface area contributed by atoms with Crippen LogP contribution in [-0.2, 0) is 17.9 Å². The van der Waals surface area contributed by atoms with Crippen molar-refractivity contribution in [2.45, 2.75) is 39.4 Å². The van der Waals surface area contributed by atoms with Crippen molar-refractivity contribution in [3.8, 4) is 11.3 Å². The Hall–Kier alpha value is -3.12. The van der Waals surface area contributed by atoms with Gasteiger partial charge in [0.05, 0.1) is 18.8 Å². The number of rotatable bonds is 5. The highest BCUT2D eigenvalue weighted by Crippen LogP contribution is 2.30. The molecule has 1 N–H and O–H groups in total. The maximum atomic E-state index is 12.7. The van der Waals surface area contributed by atoms with Gasteiger partial charge in [-0.15, -0.1) is 0 Å². The molecule has 0 bridgehead atoms. The minimum atomic E-state index is -0.102. The summed E-state index contributed by atoms with van der Waals surface area (Å²) in [6.45, 7) is 4.83. The van der Waals surface area contributed by atoms with Gasteiger partial charge in [-0.2, -0.15) is 5.10 Å². The molecule has 0 saturated heterocycles. The third kappa shape index (κ3) is 4.24. The van der Waals surface area contributed by atoms with Gasteiger partial charge < -0.3 is 5.32 Å². The molecule has 30 heavy (non-hydrogen) atoms. The lowest BCUT2D eigenvalue weighted by atomic mass is 10.1. The van der Waals surface area contributed by atoms with Crippen LogP contribution in [0.1, 0.15) is 36.2 Å². The first-order chi connectivity index (χ1) is 14.4. The number of carbonyl (C=O) groups is 2. The van der Waals surface area contributed by atoms with E-state index >= 15 is 0 Å².